The Bertz CT molecular complexity index is 1270. The molecular formula is C31H35N3O2. The van der Waals surface area contributed by atoms with E-state index in [1.165, 1.54) is 16.8 Å². The van der Waals surface area contributed by atoms with E-state index in [0.29, 0.717) is 6.79 Å². The Morgan fingerprint density at radius 2 is 1.58 bits per heavy atom. The molecule has 3 aromatic carbocycles. The summed E-state index contributed by atoms with van der Waals surface area (Å²) >= 11 is 0. The average molecular weight is 482 g/mol. The van der Waals surface area contributed by atoms with E-state index in [1.807, 2.05) is 6.07 Å². The number of benzene rings is 3. The summed E-state index contributed by atoms with van der Waals surface area (Å²) < 4.78 is 13.3. The van der Waals surface area contributed by atoms with Gasteiger partial charge in [-0.05, 0) is 49.2 Å². The van der Waals surface area contributed by atoms with Crippen LogP contribution in [0.1, 0.15) is 49.9 Å². The van der Waals surface area contributed by atoms with Crippen LogP contribution in [0.25, 0.3) is 16.9 Å². The number of aromatic nitrogens is 2. The van der Waals surface area contributed by atoms with Crippen LogP contribution in [0.4, 0.5) is 0 Å². The smallest absolute Gasteiger partial charge is 0.231 e. The van der Waals surface area contributed by atoms with Gasteiger partial charge < -0.3 is 9.47 Å². The van der Waals surface area contributed by atoms with Crippen molar-refractivity contribution in [2.45, 2.75) is 52.6 Å². The van der Waals surface area contributed by atoms with E-state index in [0.717, 1.165) is 73.8 Å². The minimum Gasteiger partial charge on any atom is -0.454 e. The molecule has 0 aliphatic carbocycles. The zero-order valence-corrected chi connectivity index (χ0v) is 21.3. The van der Waals surface area contributed by atoms with E-state index < -0.39 is 0 Å². The van der Waals surface area contributed by atoms with Gasteiger partial charge in [-0.2, -0.15) is 5.10 Å². The Hall–Kier alpha value is -3.57. The quantitative estimate of drug-likeness (QED) is 0.231. The number of rotatable bonds is 11. The molecule has 5 rings (SSSR count). The lowest BCUT2D eigenvalue weighted by atomic mass is 10.0. The highest BCUT2D eigenvalue weighted by atomic mass is 16.7. The minimum absolute atomic E-state index is 0.303. The number of ether oxygens (including phenoxy) is 2. The molecule has 0 bridgehead atoms. The predicted molar refractivity (Wildman–Crippen MR) is 145 cm³/mol. The summed E-state index contributed by atoms with van der Waals surface area (Å²) in [6.07, 6.45) is 4.36. The number of para-hydroxylation sites is 1. The summed E-state index contributed by atoms with van der Waals surface area (Å²) in [6, 6.07) is 27.4. The molecule has 186 valence electrons. The zero-order valence-electron chi connectivity index (χ0n) is 21.3. The van der Waals surface area contributed by atoms with Gasteiger partial charge >= 0.3 is 0 Å². The first-order chi connectivity index (χ1) is 17.8. The third-order valence-corrected chi connectivity index (χ3v) is 6.68. The van der Waals surface area contributed by atoms with Gasteiger partial charge in [0.25, 0.3) is 0 Å². The molecule has 4 aromatic rings. The lowest BCUT2D eigenvalue weighted by Crippen LogP contribution is -2.25. The molecule has 5 heteroatoms. The second-order valence-electron chi connectivity index (χ2n) is 9.39. The van der Waals surface area contributed by atoms with Crippen molar-refractivity contribution in [3.05, 3.63) is 95.7 Å². The molecule has 0 fully saturated rings. The van der Waals surface area contributed by atoms with Crippen molar-refractivity contribution in [1.29, 1.82) is 0 Å². The Balaban J connectivity index is 1.54. The van der Waals surface area contributed by atoms with E-state index >= 15 is 0 Å². The second-order valence-corrected chi connectivity index (χ2v) is 9.39. The van der Waals surface area contributed by atoms with Crippen molar-refractivity contribution < 1.29 is 9.47 Å². The Morgan fingerprint density at radius 1 is 0.833 bits per heavy atom. The molecule has 0 unspecified atom stereocenters. The van der Waals surface area contributed by atoms with Crippen molar-refractivity contribution in [1.82, 2.24) is 14.7 Å². The van der Waals surface area contributed by atoms with Gasteiger partial charge in [0.15, 0.2) is 11.5 Å². The molecule has 0 saturated heterocycles. The number of hydrogen-bond donors (Lipinski definition) is 0. The van der Waals surface area contributed by atoms with E-state index in [9.17, 15) is 0 Å². The highest BCUT2D eigenvalue weighted by Gasteiger charge is 2.22. The molecule has 5 nitrogen and oxygen atoms in total. The summed E-state index contributed by atoms with van der Waals surface area (Å²) in [7, 11) is 0. The van der Waals surface area contributed by atoms with Gasteiger partial charge in [0.1, 0.15) is 0 Å². The van der Waals surface area contributed by atoms with Crippen molar-refractivity contribution in [2.24, 2.45) is 0 Å². The summed E-state index contributed by atoms with van der Waals surface area (Å²) in [4.78, 5) is 2.55. The predicted octanol–water partition coefficient (Wildman–Crippen LogP) is 7.02. The molecule has 36 heavy (non-hydrogen) atoms. The maximum Gasteiger partial charge on any atom is 0.231 e. The first-order valence-electron chi connectivity index (χ1n) is 13.1. The van der Waals surface area contributed by atoms with Gasteiger partial charge in [-0.1, -0.05) is 81.3 Å². The van der Waals surface area contributed by atoms with Crippen LogP contribution in [0, 0.1) is 0 Å². The highest BCUT2D eigenvalue weighted by molar-refractivity contribution is 5.65. The van der Waals surface area contributed by atoms with Crippen LogP contribution in [-0.2, 0) is 19.5 Å². The molecule has 0 atom stereocenters. The molecule has 0 spiro atoms. The summed E-state index contributed by atoms with van der Waals surface area (Å²) in [5.74, 6) is 1.68. The third kappa shape index (κ3) is 5.31. The molecule has 0 N–H and O–H groups in total. The fourth-order valence-electron chi connectivity index (χ4n) is 4.87. The van der Waals surface area contributed by atoms with E-state index in [1.54, 1.807) is 0 Å². The lowest BCUT2D eigenvalue weighted by Gasteiger charge is -2.23. The molecule has 2 heterocycles. The molecule has 0 radical (unpaired) electrons. The van der Waals surface area contributed by atoms with Crippen LogP contribution in [0.5, 0.6) is 11.5 Å². The molecule has 0 amide bonds. The van der Waals surface area contributed by atoms with Gasteiger partial charge in [-0.25, -0.2) is 4.68 Å². The van der Waals surface area contributed by atoms with Crippen LogP contribution in [0.15, 0.2) is 78.9 Å². The average Bonchev–Trinajstić information content (AvgIpc) is 3.53. The fourth-order valence-corrected chi connectivity index (χ4v) is 4.87. The van der Waals surface area contributed by atoms with Gasteiger partial charge in [-0.3, -0.25) is 4.90 Å². The summed E-state index contributed by atoms with van der Waals surface area (Å²) in [5, 5.41) is 5.21. The van der Waals surface area contributed by atoms with Gasteiger partial charge in [-0.15, -0.1) is 0 Å². The maximum absolute atomic E-state index is 5.65. The Kier molecular flexibility index (Phi) is 7.67. The van der Waals surface area contributed by atoms with Crippen LogP contribution >= 0.6 is 0 Å². The first-order valence-corrected chi connectivity index (χ1v) is 13.1. The minimum atomic E-state index is 0.303. The van der Waals surface area contributed by atoms with E-state index in [-0.39, 0.29) is 0 Å². The topological polar surface area (TPSA) is 39.5 Å². The molecule has 1 aliphatic rings. The standard InChI is InChI=1S/C31H35N3O2/c1-3-5-19-33(21-24-17-18-29-30(20-24)36-23-35-29)22-27-28(12-4-2)34(26-15-10-7-11-16-26)32-31(27)25-13-8-6-9-14-25/h6-11,13-18,20H,3-5,12,19,21-23H2,1-2H3. The SMILES string of the molecule is CCCCN(Cc1ccc2c(c1)OCO2)Cc1c(-c2ccccc2)nn(-c2ccccc2)c1CCC. The molecular weight excluding hydrogens is 446 g/mol. The molecule has 0 saturated carbocycles. The third-order valence-electron chi connectivity index (χ3n) is 6.68. The number of hydrogen-bond acceptors (Lipinski definition) is 4. The zero-order chi connectivity index (χ0) is 24.7. The normalized spacial score (nSPS) is 12.4. The first kappa shape index (κ1) is 24.1. The van der Waals surface area contributed by atoms with Gasteiger partial charge in [0, 0.05) is 29.9 Å². The number of fused-ring (bicyclic) bond motifs is 1. The molecule has 1 aromatic heterocycles. The van der Waals surface area contributed by atoms with E-state index in [2.05, 4.69) is 96.2 Å². The van der Waals surface area contributed by atoms with Crippen molar-refractivity contribution in [2.75, 3.05) is 13.3 Å². The van der Waals surface area contributed by atoms with Gasteiger partial charge in [0.05, 0.1) is 11.4 Å². The van der Waals surface area contributed by atoms with Crippen molar-refractivity contribution in [3.8, 4) is 28.4 Å². The maximum atomic E-state index is 5.65. The van der Waals surface area contributed by atoms with Crippen LogP contribution in [-0.4, -0.2) is 28.0 Å². The summed E-state index contributed by atoms with van der Waals surface area (Å²) in [6.45, 7) is 7.53. The highest BCUT2D eigenvalue weighted by Crippen LogP contribution is 2.34. The van der Waals surface area contributed by atoms with Crippen LogP contribution in [0.2, 0.25) is 0 Å². The molecule has 1 aliphatic heterocycles. The van der Waals surface area contributed by atoms with Crippen molar-refractivity contribution >= 4 is 0 Å². The lowest BCUT2D eigenvalue weighted by molar-refractivity contribution is 0.174. The summed E-state index contributed by atoms with van der Waals surface area (Å²) in [5.41, 5.74) is 7.22. The monoisotopic (exact) mass is 481 g/mol. The van der Waals surface area contributed by atoms with Crippen molar-refractivity contribution in [3.63, 3.8) is 0 Å². The van der Waals surface area contributed by atoms with E-state index in [4.69, 9.17) is 14.6 Å². The Labute approximate surface area is 214 Å². The number of nitrogens with zero attached hydrogens (tertiary/aromatic N) is 3. The Morgan fingerprint density at radius 3 is 2.33 bits per heavy atom. The van der Waals surface area contributed by atoms with Crippen LogP contribution in [0.3, 0.4) is 0 Å². The van der Waals surface area contributed by atoms with Crippen LogP contribution < -0.4 is 9.47 Å². The van der Waals surface area contributed by atoms with Gasteiger partial charge in [0.2, 0.25) is 6.79 Å². The largest absolute Gasteiger partial charge is 0.454 e. The number of unbranched alkanes of at least 4 members (excludes halogenated alkanes) is 1. The fraction of sp³-hybridized carbons (Fsp3) is 0.323. The second kappa shape index (κ2) is 11.4.